The standard InChI is InChI=1S/C11H14F3N3O2S/c12-11(13,14)8-4-1-2-5-9(8)20(18,19)17-7-3-6-10(15)16/h1-2,4-5,17H,3,6-7H2,(H3,15,16). The van der Waals surface area contributed by atoms with Crippen molar-refractivity contribution in [2.75, 3.05) is 6.54 Å². The number of benzene rings is 1. The van der Waals surface area contributed by atoms with Gasteiger partial charge in [0.25, 0.3) is 0 Å². The van der Waals surface area contributed by atoms with Gasteiger partial charge in [-0.2, -0.15) is 13.2 Å². The van der Waals surface area contributed by atoms with Crippen LogP contribution in [-0.2, 0) is 16.2 Å². The Morgan fingerprint density at radius 1 is 1.30 bits per heavy atom. The van der Waals surface area contributed by atoms with Crippen LogP contribution >= 0.6 is 0 Å². The second-order valence-electron chi connectivity index (χ2n) is 4.02. The highest BCUT2D eigenvalue weighted by molar-refractivity contribution is 7.89. The molecule has 0 amide bonds. The minimum Gasteiger partial charge on any atom is -0.388 e. The second-order valence-corrected chi connectivity index (χ2v) is 5.76. The SMILES string of the molecule is N=C(N)CCCNS(=O)(=O)c1ccccc1C(F)(F)F. The summed E-state index contributed by atoms with van der Waals surface area (Å²) in [7, 11) is -4.25. The topological polar surface area (TPSA) is 96.0 Å². The number of nitrogens with two attached hydrogens (primary N) is 1. The molecule has 5 nitrogen and oxygen atoms in total. The monoisotopic (exact) mass is 309 g/mol. The molecule has 0 aliphatic heterocycles. The first-order chi connectivity index (χ1) is 9.14. The van der Waals surface area contributed by atoms with Gasteiger partial charge in [-0.25, -0.2) is 13.1 Å². The molecule has 0 saturated carbocycles. The van der Waals surface area contributed by atoms with E-state index in [2.05, 4.69) is 4.72 Å². The van der Waals surface area contributed by atoms with Gasteiger partial charge in [-0.15, -0.1) is 0 Å². The molecule has 0 bridgehead atoms. The van der Waals surface area contributed by atoms with E-state index in [1.807, 2.05) is 0 Å². The quantitative estimate of drug-likeness (QED) is 0.424. The molecule has 20 heavy (non-hydrogen) atoms. The molecule has 0 atom stereocenters. The van der Waals surface area contributed by atoms with E-state index in [9.17, 15) is 21.6 Å². The van der Waals surface area contributed by atoms with Gasteiger partial charge in [-0.1, -0.05) is 12.1 Å². The lowest BCUT2D eigenvalue weighted by Gasteiger charge is -2.13. The molecule has 0 aliphatic rings. The predicted molar refractivity (Wildman–Crippen MR) is 67.8 cm³/mol. The minimum atomic E-state index is -4.75. The van der Waals surface area contributed by atoms with Crippen LogP contribution in [0.5, 0.6) is 0 Å². The van der Waals surface area contributed by atoms with E-state index in [1.165, 1.54) is 6.07 Å². The zero-order valence-corrected chi connectivity index (χ0v) is 11.2. The van der Waals surface area contributed by atoms with Gasteiger partial charge in [0.2, 0.25) is 10.0 Å². The third-order valence-corrected chi connectivity index (χ3v) is 3.92. The lowest BCUT2D eigenvalue weighted by Crippen LogP contribution is -2.28. The van der Waals surface area contributed by atoms with E-state index in [0.29, 0.717) is 6.07 Å². The van der Waals surface area contributed by atoms with Crippen molar-refractivity contribution in [1.82, 2.24) is 4.72 Å². The fourth-order valence-electron chi connectivity index (χ4n) is 1.50. The van der Waals surface area contributed by atoms with E-state index < -0.39 is 26.7 Å². The van der Waals surface area contributed by atoms with Gasteiger partial charge < -0.3 is 5.73 Å². The van der Waals surface area contributed by atoms with Gasteiger partial charge >= 0.3 is 6.18 Å². The second kappa shape index (κ2) is 6.23. The molecule has 112 valence electrons. The van der Waals surface area contributed by atoms with Crippen LogP contribution in [-0.4, -0.2) is 20.8 Å². The molecule has 1 aromatic rings. The Bertz CT molecular complexity index is 585. The van der Waals surface area contributed by atoms with Gasteiger partial charge in [-0.3, -0.25) is 5.41 Å². The molecule has 0 aliphatic carbocycles. The number of hydrogen-bond acceptors (Lipinski definition) is 3. The summed E-state index contributed by atoms with van der Waals surface area (Å²) in [4.78, 5) is -0.810. The zero-order valence-electron chi connectivity index (χ0n) is 10.4. The summed E-state index contributed by atoms with van der Waals surface area (Å²) in [5.74, 6) is -0.111. The smallest absolute Gasteiger partial charge is 0.388 e. The minimum absolute atomic E-state index is 0.0892. The number of alkyl halides is 3. The maximum absolute atomic E-state index is 12.7. The molecular formula is C11H14F3N3O2S. The maximum Gasteiger partial charge on any atom is 0.417 e. The molecule has 0 fully saturated rings. The molecule has 0 aromatic heterocycles. The number of hydrogen-bond donors (Lipinski definition) is 3. The summed E-state index contributed by atoms with van der Waals surface area (Å²) in [6.07, 6.45) is -4.34. The molecule has 0 saturated heterocycles. The Kier molecular flexibility index (Phi) is 5.12. The normalized spacial score (nSPS) is 12.3. The van der Waals surface area contributed by atoms with Crippen LogP contribution in [0.3, 0.4) is 0 Å². The summed E-state index contributed by atoms with van der Waals surface area (Å²) < 4.78 is 64.0. The van der Waals surface area contributed by atoms with Gasteiger partial charge in [0.1, 0.15) is 0 Å². The fourth-order valence-corrected chi connectivity index (χ4v) is 2.80. The van der Waals surface area contributed by atoms with Crippen LogP contribution < -0.4 is 10.5 Å². The number of sulfonamides is 1. The van der Waals surface area contributed by atoms with Crippen molar-refractivity contribution in [1.29, 1.82) is 5.41 Å². The van der Waals surface area contributed by atoms with Gasteiger partial charge in [0.15, 0.2) is 0 Å². The number of nitrogens with one attached hydrogen (secondary N) is 2. The summed E-state index contributed by atoms with van der Waals surface area (Å²) in [5.41, 5.74) is 3.88. The van der Waals surface area contributed by atoms with Crippen LogP contribution in [0.25, 0.3) is 0 Å². The Hall–Kier alpha value is -1.61. The van der Waals surface area contributed by atoms with Crippen molar-refractivity contribution in [2.45, 2.75) is 23.9 Å². The van der Waals surface area contributed by atoms with E-state index in [-0.39, 0.29) is 25.2 Å². The molecule has 0 spiro atoms. The molecule has 0 radical (unpaired) electrons. The third kappa shape index (κ3) is 4.49. The fraction of sp³-hybridized carbons (Fsp3) is 0.364. The van der Waals surface area contributed by atoms with Crippen LogP contribution in [0.1, 0.15) is 18.4 Å². The lowest BCUT2D eigenvalue weighted by molar-refractivity contribution is -0.139. The van der Waals surface area contributed by atoms with Crippen molar-refractivity contribution in [3.8, 4) is 0 Å². The molecule has 9 heteroatoms. The van der Waals surface area contributed by atoms with Crippen LogP contribution in [0.2, 0.25) is 0 Å². The summed E-state index contributed by atoms with van der Waals surface area (Å²) >= 11 is 0. The molecule has 1 rings (SSSR count). The van der Waals surface area contributed by atoms with Crippen molar-refractivity contribution >= 4 is 15.9 Å². The predicted octanol–water partition coefficient (Wildman–Crippen LogP) is 1.70. The largest absolute Gasteiger partial charge is 0.417 e. The number of rotatable bonds is 6. The van der Waals surface area contributed by atoms with Crippen LogP contribution in [0.15, 0.2) is 29.2 Å². The Morgan fingerprint density at radius 2 is 1.90 bits per heavy atom. The zero-order chi connectivity index (χ0) is 15.4. The Labute approximate surface area is 114 Å². The van der Waals surface area contributed by atoms with Crippen molar-refractivity contribution in [3.63, 3.8) is 0 Å². The van der Waals surface area contributed by atoms with Crippen LogP contribution in [0.4, 0.5) is 13.2 Å². The summed E-state index contributed by atoms with van der Waals surface area (Å²) in [6.45, 7) is -0.0892. The van der Waals surface area contributed by atoms with Gasteiger partial charge in [-0.05, 0) is 18.6 Å². The lowest BCUT2D eigenvalue weighted by atomic mass is 10.2. The molecule has 0 unspecified atom stereocenters. The molecule has 0 heterocycles. The molecule has 4 N–H and O–H groups in total. The van der Waals surface area contributed by atoms with Crippen molar-refractivity contribution in [2.24, 2.45) is 5.73 Å². The first-order valence-corrected chi connectivity index (χ1v) is 7.11. The van der Waals surface area contributed by atoms with Gasteiger partial charge in [0, 0.05) is 13.0 Å². The van der Waals surface area contributed by atoms with Gasteiger partial charge in [0.05, 0.1) is 16.3 Å². The van der Waals surface area contributed by atoms with Crippen molar-refractivity contribution < 1.29 is 21.6 Å². The first kappa shape index (κ1) is 16.4. The Balaban J connectivity index is 2.91. The average Bonchev–Trinajstić information content (AvgIpc) is 2.33. The van der Waals surface area contributed by atoms with E-state index in [4.69, 9.17) is 11.1 Å². The summed E-state index contributed by atoms with van der Waals surface area (Å²) in [6, 6.07) is 3.96. The number of halogens is 3. The highest BCUT2D eigenvalue weighted by atomic mass is 32.2. The Morgan fingerprint density at radius 3 is 2.45 bits per heavy atom. The third-order valence-electron chi connectivity index (χ3n) is 2.40. The van der Waals surface area contributed by atoms with E-state index >= 15 is 0 Å². The highest BCUT2D eigenvalue weighted by Crippen LogP contribution is 2.33. The molecule has 1 aromatic carbocycles. The number of amidine groups is 1. The highest BCUT2D eigenvalue weighted by Gasteiger charge is 2.36. The summed E-state index contributed by atoms with van der Waals surface area (Å²) in [5, 5.41) is 6.96. The average molecular weight is 309 g/mol. The maximum atomic E-state index is 12.7. The van der Waals surface area contributed by atoms with E-state index in [1.54, 1.807) is 0 Å². The van der Waals surface area contributed by atoms with Crippen LogP contribution in [0, 0.1) is 5.41 Å². The molecular weight excluding hydrogens is 295 g/mol. The first-order valence-electron chi connectivity index (χ1n) is 5.63. The van der Waals surface area contributed by atoms with E-state index in [0.717, 1.165) is 12.1 Å². The van der Waals surface area contributed by atoms with Crippen molar-refractivity contribution in [3.05, 3.63) is 29.8 Å².